The van der Waals surface area contributed by atoms with Gasteiger partial charge in [-0.1, -0.05) is 23.9 Å². The third-order valence-corrected chi connectivity index (χ3v) is 4.70. The van der Waals surface area contributed by atoms with Gasteiger partial charge in [0, 0.05) is 17.4 Å². The summed E-state index contributed by atoms with van der Waals surface area (Å²) in [5.74, 6) is 3.36. The third kappa shape index (κ3) is 4.95. The maximum atomic E-state index is 5.85. The predicted molar refractivity (Wildman–Crippen MR) is 105 cm³/mol. The first kappa shape index (κ1) is 19.1. The van der Waals surface area contributed by atoms with Crippen LogP contribution in [0.5, 0.6) is 17.2 Å². The molecule has 3 rings (SSSR count). The van der Waals surface area contributed by atoms with Crippen LogP contribution in [0.2, 0.25) is 0 Å². The Morgan fingerprint density at radius 2 is 1.70 bits per heavy atom. The summed E-state index contributed by atoms with van der Waals surface area (Å²) in [6.07, 6.45) is 0. The van der Waals surface area contributed by atoms with Gasteiger partial charge in [-0.25, -0.2) is 0 Å². The number of nitrogens with zero attached hydrogens (tertiary/aromatic N) is 2. The van der Waals surface area contributed by atoms with Crippen LogP contribution in [-0.4, -0.2) is 36.8 Å². The van der Waals surface area contributed by atoms with Gasteiger partial charge in [0.1, 0.15) is 17.2 Å². The number of hydrogen-bond donors (Lipinski definition) is 0. The van der Waals surface area contributed by atoms with Crippen LogP contribution in [0.25, 0.3) is 11.5 Å². The van der Waals surface area contributed by atoms with Crippen molar-refractivity contribution in [1.29, 1.82) is 0 Å². The average Bonchev–Trinajstić information content (AvgIpc) is 3.16. The van der Waals surface area contributed by atoms with E-state index in [9.17, 15) is 0 Å². The number of hydrogen-bond acceptors (Lipinski definition) is 7. The summed E-state index contributed by atoms with van der Waals surface area (Å²) < 4.78 is 22.1. The standard InChI is InChI=1S/C20H22N2O4S/c1-13-5-6-14(2)18(9-13)25-7-8-27-20-22-21-19(26-20)15-10-16(23-3)12-17(11-15)24-4/h5-6,9-12H,7-8H2,1-4H3. The van der Waals surface area contributed by atoms with Crippen molar-refractivity contribution < 1.29 is 18.6 Å². The van der Waals surface area contributed by atoms with Crippen LogP contribution in [0.1, 0.15) is 11.1 Å². The molecule has 0 fully saturated rings. The van der Waals surface area contributed by atoms with Crippen LogP contribution in [0, 0.1) is 13.8 Å². The van der Waals surface area contributed by atoms with Crippen molar-refractivity contribution in [2.75, 3.05) is 26.6 Å². The van der Waals surface area contributed by atoms with E-state index in [4.69, 9.17) is 18.6 Å². The Morgan fingerprint density at radius 3 is 2.41 bits per heavy atom. The zero-order chi connectivity index (χ0) is 19.2. The number of benzene rings is 2. The van der Waals surface area contributed by atoms with Crippen LogP contribution in [0.15, 0.2) is 46.0 Å². The van der Waals surface area contributed by atoms with Gasteiger partial charge in [-0.15, -0.1) is 10.2 Å². The summed E-state index contributed by atoms with van der Waals surface area (Å²) in [6.45, 7) is 4.64. The van der Waals surface area contributed by atoms with Gasteiger partial charge in [0.05, 0.1) is 20.8 Å². The van der Waals surface area contributed by atoms with Crippen molar-refractivity contribution >= 4 is 11.8 Å². The highest BCUT2D eigenvalue weighted by atomic mass is 32.2. The number of rotatable bonds is 8. The number of methoxy groups -OCH3 is 2. The molecule has 0 atom stereocenters. The lowest BCUT2D eigenvalue weighted by molar-refractivity contribution is 0.340. The van der Waals surface area contributed by atoms with E-state index in [2.05, 4.69) is 29.3 Å². The maximum absolute atomic E-state index is 5.85. The number of ether oxygens (including phenoxy) is 3. The second-order valence-corrected chi connectivity index (χ2v) is 6.99. The fourth-order valence-electron chi connectivity index (χ4n) is 2.46. The predicted octanol–water partition coefficient (Wildman–Crippen LogP) is 4.54. The van der Waals surface area contributed by atoms with Gasteiger partial charge in [-0.2, -0.15) is 0 Å². The molecule has 3 aromatic rings. The maximum Gasteiger partial charge on any atom is 0.276 e. The minimum atomic E-state index is 0.421. The Kier molecular flexibility index (Phi) is 6.24. The molecule has 7 heteroatoms. The van der Waals surface area contributed by atoms with Crippen LogP contribution in [-0.2, 0) is 0 Å². The molecule has 2 aromatic carbocycles. The fourth-order valence-corrected chi connectivity index (χ4v) is 3.04. The summed E-state index contributed by atoms with van der Waals surface area (Å²) >= 11 is 1.46. The van der Waals surface area contributed by atoms with Gasteiger partial charge in [0.2, 0.25) is 5.89 Å². The first-order chi connectivity index (χ1) is 13.1. The molecule has 0 bridgehead atoms. The monoisotopic (exact) mass is 386 g/mol. The Labute approximate surface area is 162 Å². The second kappa shape index (κ2) is 8.81. The van der Waals surface area contributed by atoms with Crippen LogP contribution >= 0.6 is 11.8 Å². The summed E-state index contributed by atoms with van der Waals surface area (Å²) in [5.41, 5.74) is 3.05. The molecule has 0 aliphatic rings. The van der Waals surface area contributed by atoms with E-state index in [1.165, 1.54) is 17.3 Å². The molecule has 0 saturated heterocycles. The summed E-state index contributed by atoms with van der Waals surface area (Å²) in [6, 6.07) is 11.6. The average molecular weight is 386 g/mol. The Morgan fingerprint density at radius 1 is 0.963 bits per heavy atom. The molecular weight excluding hydrogens is 364 g/mol. The Bertz CT molecular complexity index is 888. The molecular formula is C20H22N2O4S. The molecule has 1 heterocycles. The zero-order valence-electron chi connectivity index (χ0n) is 15.8. The van der Waals surface area contributed by atoms with E-state index in [1.54, 1.807) is 20.3 Å². The minimum absolute atomic E-state index is 0.421. The fraction of sp³-hybridized carbons (Fsp3) is 0.300. The highest BCUT2D eigenvalue weighted by Gasteiger charge is 2.12. The highest BCUT2D eigenvalue weighted by molar-refractivity contribution is 7.99. The van der Waals surface area contributed by atoms with Crippen molar-refractivity contribution in [2.24, 2.45) is 0 Å². The second-order valence-electron chi connectivity index (χ2n) is 5.94. The van der Waals surface area contributed by atoms with Gasteiger partial charge in [-0.05, 0) is 43.2 Å². The minimum Gasteiger partial charge on any atom is -0.497 e. The summed E-state index contributed by atoms with van der Waals surface area (Å²) in [5, 5.41) is 8.70. The molecule has 0 unspecified atom stereocenters. The van der Waals surface area contributed by atoms with Gasteiger partial charge in [-0.3, -0.25) is 0 Å². The smallest absolute Gasteiger partial charge is 0.276 e. The van der Waals surface area contributed by atoms with E-state index in [0.717, 1.165) is 16.9 Å². The van der Waals surface area contributed by atoms with Gasteiger partial charge < -0.3 is 18.6 Å². The number of thioether (sulfide) groups is 1. The van der Waals surface area contributed by atoms with E-state index >= 15 is 0 Å². The zero-order valence-corrected chi connectivity index (χ0v) is 16.6. The lowest BCUT2D eigenvalue weighted by Crippen LogP contribution is -2.01. The van der Waals surface area contributed by atoms with E-state index in [0.29, 0.717) is 35.0 Å². The van der Waals surface area contributed by atoms with Crippen LogP contribution in [0.3, 0.4) is 0 Å². The van der Waals surface area contributed by atoms with Gasteiger partial charge >= 0.3 is 0 Å². The molecule has 6 nitrogen and oxygen atoms in total. The van der Waals surface area contributed by atoms with Crippen LogP contribution in [0.4, 0.5) is 0 Å². The van der Waals surface area contributed by atoms with E-state index in [1.807, 2.05) is 25.1 Å². The molecule has 1 aromatic heterocycles. The van der Waals surface area contributed by atoms with E-state index < -0.39 is 0 Å². The van der Waals surface area contributed by atoms with Crippen molar-refractivity contribution in [3.05, 3.63) is 47.5 Å². The first-order valence-corrected chi connectivity index (χ1v) is 9.47. The third-order valence-electron chi connectivity index (χ3n) is 3.91. The molecule has 0 N–H and O–H groups in total. The molecule has 27 heavy (non-hydrogen) atoms. The van der Waals surface area contributed by atoms with E-state index in [-0.39, 0.29) is 0 Å². The summed E-state index contributed by atoms with van der Waals surface area (Å²) in [7, 11) is 3.20. The van der Waals surface area contributed by atoms with Gasteiger partial charge in [0.15, 0.2) is 0 Å². The van der Waals surface area contributed by atoms with Gasteiger partial charge in [0.25, 0.3) is 5.22 Å². The molecule has 0 spiro atoms. The highest BCUT2D eigenvalue weighted by Crippen LogP contribution is 2.30. The lowest BCUT2D eigenvalue weighted by Gasteiger charge is -2.09. The molecule has 0 saturated carbocycles. The Hall–Kier alpha value is -2.67. The molecule has 0 aliphatic heterocycles. The normalized spacial score (nSPS) is 10.7. The van der Waals surface area contributed by atoms with Crippen molar-refractivity contribution in [2.45, 2.75) is 19.1 Å². The lowest BCUT2D eigenvalue weighted by atomic mass is 10.1. The topological polar surface area (TPSA) is 66.6 Å². The first-order valence-electron chi connectivity index (χ1n) is 8.49. The number of aryl methyl sites for hydroxylation is 2. The van der Waals surface area contributed by atoms with Crippen LogP contribution < -0.4 is 14.2 Å². The van der Waals surface area contributed by atoms with Crippen molar-refractivity contribution in [3.63, 3.8) is 0 Å². The largest absolute Gasteiger partial charge is 0.497 e. The molecule has 0 radical (unpaired) electrons. The van der Waals surface area contributed by atoms with Crippen molar-refractivity contribution in [3.8, 4) is 28.7 Å². The number of aromatic nitrogens is 2. The molecule has 0 amide bonds. The quantitative estimate of drug-likeness (QED) is 0.416. The Balaban J connectivity index is 1.59. The summed E-state index contributed by atoms with van der Waals surface area (Å²) in [4.78, 5) is 0. The SMILES string of the molecule is COc1cc(OC)cc(-c2nnc(SCCOc3cc(C)ccc3C)o2)c1. The molecule has 142 valence electrons. The molecule has 0 aliphatic carbocycles. The van der Waals surface area contributed by atoms with Crippen molar-refractivity contribution in [1.82, 2.24) is 10.2 Å².